The van der Waals surface area contributed by atoms with Crippen LogP contribution in [0.1, 0.15) is 16.3 Å². The van der Waals surface area contributed by atoms with Gasteiger partial charge in [-0.3, -0.25) is 14.9 Å². The maximum Gasteiger partial charge on any atom is 0.273 e. The van der Waals surface area contributed by atoms with Gasteiger partial charge in [0.05, 0.1) is 29.5 Å². The number of hydrogen-bond acceptors (Lipinski definition) is 8. The monoisotopic (exact) mass is 418 g/mol. The second-order valence-corrected chi connectivity index (χ2v) is 8.19. The number of aromatic nitrogens is 2. The molecule has 3 rings (SSSR count). The number of carbonyl (C=O) groups excluding carboxylic acids is 1. The molecule has 0 aliphatic rings. The van der Waals surface area contributed by atoms with Gasteiger partial charge in [0.1, 0.15) is 21.4 Å². The molecule has 0 bridgehead atoms. The van der Waals surface area contributed by atoms with Crippen molar-refractivity contribution in [2.75, 3.05) is 18.2 Å². The average molecular weight is 419 g/mol. The molecule has 8 nitrogen and oxygen atoms in total. The Morgan fingerprint density at radius 1 is 1.32 bits per heavy atom. The first-order chi connectivity index (χ1) is 13.3. The van der Waals surface area contributed by atoms with Gasteiger partial charge < -0.3 is 10.1 Å². The lowest BCUT2D eigenvalue weighted by Crippen LogP contribution is -2.15. The highest BCUT2D eigenvalue weighted by Crippen LogP contribution is 2.35. The Balaban J connectivity index is 1.77. The predicted octanol–water partition coefficient (Wildman–Crippen LogP) is 4.26. The summed E-state index contributed by atoms with van der Waals surface area (Å²) in [5, 5.41) is 15.4. The van der Waals surface area contributed by atoms with Gasteiger partial charge in [-0.15, -0.1) is 11.3 Å². The standard InChI is InChI=1S/C18H18N4O4S2/c1-9-10(2)28-18-16(9)17(19-11(3)20-18)27-8-15(23)21-13-6-5-12(22(24)25)7-14(13)26-4/h5-7H,8H2,1-4H3,(H,21,23). The van der Waals surface area contributed by atoms with Crippen LogP contribution in [-0.2, 0) is 4.79 Å². The third kappa shape index (κ3) is 4.07. The number of nitro benzene ring substituents is 1. The molecule has 0 radical (unpaired) electrons. The molecule has 0 aliphatic heterocycles. The molecule has 0 saturated carbocycles. The second kappa shape index (κ2) is 8.11. The third-order valence-electron chi connectivity index (χ3n) is 4.12. The number of aryl methyl sites for hydroxylation is 3. The molecule has 2 aromatic heterocycles. The first-order valence-electron chi connectivity index (χ1n) is 8.29. The van der Waals surface area contributed by atoms with Crippen molar-refractivity contribution >= 4 is 50.6 Å². The number of non-ortho nitro benzene ring substituents is 1. The van der Waals surface area contributed by atoms with E-state index in [0.717, 1.165) is 20.8 Å². The number of hydrogen-bond donors (Lipinski definition) is 1. The van der Waals surface area contributed by atoms with Crippen molar-refractivity contribution in [2.24, 2.45) is 0 Å². The highest BCUT2D eigenvalue weighted by Gasteiger charge is 2.17. The Kier molecular flexibility index (Phi) is 5.80. The number of nitrogens with zero attached hydrogens (tertiary/aromatic N) is 3. The molecule has 0 atom stereocenters. The van der Waals surface area contributed by atoms with Crippen molar-refractivity contribution in [1.29, 1.82) is 0 Å². The molecule has 3 aromatic rings. The number of anilines is 1. The summed E-state index contributed by atoms with van der Waals surface area (Å²) in [5.41, 5.74) is 1.40. The van der Waals surface area contributed by atoms with Gasteiger partial charge >= 0.3 is 0 Å². The van der Waals surface area contributed by atoms with Gasteiger partial charge in [-0.2, -0.15) is 0 Å². The fourth-order valence-corrected chi connectivity index (χ4v) is 4.71. The minimum Gasteiger partial charge on any atom is -0.494 e. The van der Waals surface area contributed by atoms with E-state index in [0.29, 0.717) is 11.5 Å². The lowest BCUT2D eigenvalue weighted by molar-refractivity contribution is -0.384. The van der Waals surface area contributed by atoms with Crippen LogP contribution in [0.3, 0.4) is 0 Å². The van der Waals surface area contributed by atoms with Crippen molar-refractivity contribution < 1.29 is 14.5 Å². The first kappa shape index (κ1) is 20.0. The number of ether oxygens (including phenoxy) is 1. The van der Waals surface area contributed by atoms with E-state index in [2.05, 4.69) is 15.3 Å². The number of thiophene rings is 1. The number of carbonyl (C=O) groups is 1. The van der Waals surface area contributed by atoms with E-state index >= 15 is 0 Å². The second-order valence-electron chi connectivity index (χ2n) is 6.02. The molecule has 0 fully saturated rings. The Morgan fingerprint density at radius 3 is 2.75 bits per heavy atom. The first-order valence-corrected chi connectivity index (χ1v) is 10.1. The zero-order chi connectivity index (χ0) is 20.4. The molecule has 28 heavy (non-hydrogen) atoms. The summed E-state index contributed by atoms with van der Waals surface area (Å²) in [6, 6.07) is 4.05. The number of amides is 1. The molecule has 2 heterocycles. The molecule has 1 amide bonds. The molecule has 1 N–H and O–H groups in total. The number of nitrogens with one attached hydrogen (secondary N) is 1. The predicted molar refractivity (Wildman–Crippen MR) is 111 cm³/mol. The van der Waals surface area contributed by atoms with Crippen LogP contribution >= 0.6 is 23.1 Å². The lowest BCUT2D eigenvalue weighted by atomic mass is 10.2. The number of rotatable bonds is 6. The fourth-order valence-electron chi connectivity index (χ4n) is 2.64. The van der Waals surface area contributed by atoms with Gasteiger partial charge in [0.25, 0.3) is 5.69 Å². The Bertz CT molecular complexity index is 1080. The zero-order valence-corrected chi connectivity index (χ0v) is 17.4. The topological polar surface area (TPSA) is 107 Å². The highest BCUT2D eigenvalue weighted by molar-refractivity contribution is 8.00. The van der Waals surface area contributed by atoms with E-state index in [9.17, 15) is 14.9 Å². The van der Waals surface area contributed by atoms with Crippen molar-refractivity contribution in [3.8, 4) is 5.75 Å². The molecular weight excluding hydrogens is 400 g/mol. The Morgan fingerprint density at radius 2 is 2.07 bits per heavy atom. The van der Waals surface area contributed by atoms with Gasteiger partial charge in [-0.25, -0.2) is 9.97 Å². The molecular formula is C18H18N4O4S2. The van der Waals surface area contributed by atoms with E-state index in [1.54, 1.807) is 11.3 Å². The summed E-state index contributed by atoms with van der Waals surface area (Å²) >= 11 is 2.95. The number of nitro groups is 1. The van der Waals surface area contributed by atoms with Crippen molar-refractivity contribution in [3.05, 3.63) is 44.6 Å². The minimum absolute atomic E-state index is 0.105. The van der Waals surface area contributed by atoms with Gasteiger partial charge in [0.15, 0.2) is 0 Å². The Labute approximate surface area is 169 Å². The van der Waals surface area contributed by atoms with Crippen LogP contribution in [0.25, 0.3) is 10.2 Å². The summed E-state index contributed by atoms with van der Waals surface area (Å²) in [4.78, 5) is 33.9. The number of benzene rings is 1. The molecule has 0 unspecified atom stereocenters. The average Bonchev–Trinajstić information content (AvgIpc) is 2.93. The van der Waals surface area contributed by atoms with Gasteiger partial charge in [-0.05, 0) is 32.4 Å². The van der Waals surface area contributed by atoms with Crippen molar-refractivity contribution in [2.45, 2.75) is 25.8 Å². The summed E-state index contributed by atoms with van der Waals surface area (Å²) in [6.07, 6.45) is 0. The zero-order valence-electron chi connectivity index (χ0n) is 15.7. The van der Waals surface area contributed by atoms with Gasteiger partial charge in [0, 0.05) is 16.3 Å². The smallest absolute Gasteiger partial charge is 0.273 e. The number of fused-ring (bicyclic) bond motifs is 1. The van der Waals surface area contributed by atoms with Crippen LogP contribution in [-0.4, -0.2) is 33.7 Å². The fraction of sp³-hybridized carbons (Fsp3) is 0.278. The third-order valence-corrected chi connectivity index (χ3v) is 6.19. The largest absolute Gasteiger partial charge is 0.494 e. The molecule has 0 aliphatic carbocycles. The maximum atomic E-state index is 12.4. The van der Waals surface area contributed by atoms with E-state index in [1.165, 1.54) is 41.9 Å². The van der Waals surface area contributed by atoms with Crippen LogP contribution in [0.15, 0.2) is 23.2 Å². The summed E-state index contributed by atoms with van der Waals surface area (Å²) in [7, 11) is 1.39. The molecule has 146 valence electrons. The minimum atomic E-state index is -0.516. The van der Waals surface area contributed by atoms with Crippen LogP contribution in [0, 0.1) is 30.9 Å². The van der Waals surface area contributed by atoms with E-state index in [1.807, 2.05) is 20.8 Å². The SMILES string of the molecule is COc1cc([N+](=O)[O-])ccc1NC(=O)CSc1nc(C)nc2sc(C)c(C)c12. The van der Waals surface area contributed by atoms with Crippen molar-refractivity contribution in [1.82, 2.24) is 9.97 Å². The molecule has 0 saturated heterocycles. The van der Waals surface area contributed by atoms with Crippen molar-refractivity contribution in [3.63, 3.8) is 0 Å². The molecule has 1 aromatic carbocycles. The summed E-state index contributed by atoms with van der Waals surface area (Å²) in [6.45, 7) is 5.90. The maximum absolute atomic E-state index is 12.4. The summed E-state index contributed by atoms with van der Waals surface area (Å²) in [5.74, 6) is 0.775. The van der Waals surface area contributed by atoms with Crippen LogP contribution < -0.4 is 10.1 Å². The van der Waals surface area contributed by atoms with Crippen LogP contribution in [0.2, 0.25) is 0 Å². The van der Waals surface area contributed by atoms with E-state index in [4.69, 9.17) is 4.74 Å². The summed E-state index contributed by atoms with van der Waals surface area (Å²) < 4.78 is 5.15. The normalized spacial score (nSPS) is 10.9. The van der Waals surface area contributed by atoms with Gasteiger partial charge in [0.2, 0.25) is 5.91 Å². The van der Waals surface area contributed by atoms with Crippen LogP contribution in [0.4, 0.5) is 11.4 Å². The number of methoxy groups -OCH3 is 1. The van der Waals surface area contributed by atoms with Gasteiger partial charge in [-0.1, -0.05) is 11.8 Å². The number of thioether (sulfide) groups is 1. The molecule has 0 spiro atoms. The Hall–Kier alpha value is -2.72. The lowest BCUT2D eigenvalue weighted by Gasteiger charge is -2.10. The van der Waals surface area contributed by atoms with E-state index in [-0.39, 0.29) is 23.1 Å². The van der Waals surface area contributed by atoms with E-state index < -0.39 is 4.92 Å². The van der Waals surface area contributed by atoms with Crippen LogP contribution in [0.5, 0.6) is 5.75 Å². The highest BCUT2D eigenvalue weighted by atomic mass is 32.2. The quantitative estimate of drug-likeness (QED) is 0.276. The molecule has 10 heteroatoms.